The Kier molecular flexibility index (Phi) is 5.11. The number of carbonyl (C=O) groups excluding carboxylic acids is 3. The van der Waals surface area contributed by atoms with Gasteiger partial charge in [-0.25, -0.2) is 0 Å². The SMILES string of the molecule is O=C(Nc1cc(C(F)(F)F)cc(C(F)(F)F)c1)c1ccc2c(c1)C(=O)c1ccccc1C2=O. The number of hydrogen-bond donors (Lipinski definition) is 1. The summed E-state index contributed by atoms with van der Waals surface area (Å²) in [5, 5.41) is 2.00. The Balaban J connectivity index is 1.70. The molecule has 1 aliphatic rings. The lowest BCUT2D eigenvalue weighted by atomic mass is 9.83. The second-order valence-corrected chi connectivity index (χ2v) is 7.21. The summed E-state index contributed by atoms with van der Waals surface area (Å²) in [6.45, 7) is 0. The predicted molar refractivity (Wildman–Crippen MR) is 104 cm³/mol. The molecule has 0 bridgehead atoms. The zero-order valence-corrected chi connectivity index (χ0v) is 16.3. The molecule has 4 rings (SSSR count). The molecule has 0 aliphatic heterocycles. The molecule has 0 saturated carbocycles. The molecule has 33 heavy (non-hydrogen) atoms. The summed E-state index contributed by atoms with van der Waals surface area (Å²) in [4.78, 5) is 38.0. The highest BCUT2D eigenvalue weighted by atomic mass is 19.4. The van der Waals surface area contributed by atoms with Crippen molar-refractivity contribution in [1.82, 2.24) is 0 Å². The number of halogens is 6. The smallest absolute Gasteiger partial charge is 0.322 e. The largest absolute Gasteiger partial charge is 0.416 e. The maximum Gasteiger partial charge on any atom is 0.416 e. The number of amides is 1. The number of ketones is 2. The normalized spacial score (nSPS) is 13.4. The van der Waals surface area contributed by atoms with Crippen molar-refractivity contribution in [3.05, 3.63) is 99.6 Å². The van der Waals surface area contributed by atoms with Gasteiger partial charge in [-0.15, -0.1) is 0 Å². The van der Waals surface area contributed by atoms with E-state index >= 15 is 0 Å². The molecule has 1 amide bonds. The number of rotatable bonds is 2. The zero-order valence-electron chi connectivity index (χ0n) is 16.3. The number of fused-ring (bicyclic) bond motifs is 2. The van der Waals surface area contributed by atoms with Crippen molar-refractivity contribution in [2.75, 3.05) is 5.32 Å². The fourth-order valence-electron chi connectivity index (χ4n) is 3.47. The van der Waals surface area contributed by atoms with Crippen molar-refractivity contribution in [3.63, 3.8) is 0 Å². The van der Waals surface area contributed by atoms with Gasteiger partial charge in [0.05, 0.1) is 11.1 Å². The lowest BCUT2D eigenvalue weighted by Crippen LogP contribution is -2.22. The van der Waals surface area contributed by atoms with Crippen molar-refractivity contribution in [3.8, 4) is 0 Å². The van der Waals surface area contributed by atoms with E-state index < -0.39 is 46.6 Å². The van der Waals surface area contributed by atoms with Gasteiger partial charge >= 0.3 is 12.4 Å². The highest BCUT2D eigenvalue weighted by Crippen LogP contribution is 2.37. The van der Waals surface area contributed by atoms with Crippen LogP contribution in [-0.2, 0) is 12.4 Å². The third-order valence-corrected chi connectivity index (χ3v) is 5.03. The van der Waals surface area contributed by atoms with E-state index in [1.807, 2.05) is 5.32 Å². The minimum absolute atomic E-state index is 0.0358. The molecule has 0 aromatic heterocycles. The van der Waals surface area contributed by atoms with E-state index in [0.29, 0.717) is 12.1 Å². The third-order valence-electron chi connectivity index (χ3n) is 5.03. The maximum atomic E-state index is 13.0. The quantitative estimate of drug-likeness (QED) is 0.385. The molecule has 0 saturated heterocycles. The summed E-state index contributed by atoms with van der Waals surface area (Å²) in [6.07, 6.45) is -10.2. The van der Waals surface area contributed by atoms with Crippen molar-refractivity contribution < 1.29 is 40.7 Å². The van der Waals surface area contributed by atoms with Crippen molar-refractivity contribution in [2.24, 2.45) is 0 Å². The Bertz CT molecular complexity index is 1290. The second kappa shape index (κ2) is 7.58. The van der Waals surface area contributed by atoms with E-state index in [2.05, 4.69) is 0 Å². The minimum Gasteiger partial charge on any atom is -0.322 e. The average Bonchev–Trinajstić information content (AvgIpc) is 2.75. The molecule has 3 aromatic rings. The Morgan fingerprint density at radius 3 is 1.64 bits per heavy atom. The van der Waals surface area contributed by atoms with Gasteiger partial charge in [-0.2, -0.15) is 26.3 Å². The van der Waals surface area contributed by atoms with Crippen LogP contribution in [0, 0.1) is 0 Å². The van der Waals surface area contributed by atoms with Crippen LogP contribution in [0.15, 0.2) is 60.7 Å². The number of nitrogens with one attached hydrogen (secondary N) is 1. The molecule has 4 nitrogen and oxygen atoms in total. The summed E-state index contributed by atoms with van der Waals surface area (Å²) < 4.78 is 78.2. The molecule has 0 unspecified atom stereocenters. The van der Waals surface area contributed by atoms with Gasteiger partial charge in [-0.3, -0.25) is 14.4 Å². The molecule has 168 valence electrons. The summed E-state index contributed by atoms with van der Waals surface area (Å²) in [5.41, 5.74) is -3.87. The Hall–Kier alpha value is -3.95. The molecule has 10 heteroatoms. The van der Waals surface area contributed by atoms with Crippen LogP contribution in [0.3, 0.4) is 0 Å². The number of benzene rings is 3. The zero-order chi connectivity index (χ0) is 24.1. The molecule has 3 aromatic carbocycles. The van der Waals surface area contributed by atoms with Crippen LogP contribution in [0.25, 0.3) is 0 Å². The number of carbonyl (C=O) groups is 3. The molecule has 0 fully saturated rings. The number of anilines is 1. The number of alkyl halides is 6. The van der Waals surface area contributed by atoms with Crippen LogP contribution >= 0.6 is 0 Å². The standard InChI is InChI=1S/C23H11F6NO3/c24-22(25,26)12-8-13(23(27,28)29)10-14(9-12)30-21(33)11-5-6-17-18(7-11)20(32)16-4-2-1-3-15(16)19(17)31/h1-10H,(H,30,33). The van der Waals surface area contributed by atoms with E-state index in [9.17, 15) is 40.7 Å². The second-order valence-electron chi connectivity index (χ2n) is 7.21. The van der Waals surface area contributed by atoms with Crippen molar-refractivity contribution >= 4 is 23.2 Å². The van der Waals surface area contributed by atoms with Crippen LogP contribution in [-0.4, -0.2) is 17.5 Å². The topological polar surface area (TPSA) is 63.2 Å². The van der Waals surface area contributed by atoms with Gasteiger partial charge in [0.25, 0.3) is 5.91 Å². The maximum absolute atomic E-state index is 13.0. The molecular weight excluding hydrogens is 452 g/mol. The monoisotopic (exact) mass is 463 g/mol. The highest BCUT2D eigenvalue weighted by Gasteiger charge is 2.37. The van der Waals surface area contributed by atoms with E-state index in [1.54, 1.807) is 12.1 Å². The predicted octanol–water partition coefficient (Wildman–Crippen LogP) is 5.75. The van der Waals surface area contributed by atoms with Crippen molar-refractivity contribution in [1.29, 1.82) is 0 Å². The Morgan fingerprint density at radius 2 is 1.12 bits per heavy atom. The summed E-state index contributed by atoms with van der Waals surface area (Å²) in [6, 6.07) is 10.2. The lowest BCUT2D eigenvalue weighted by molar-refractivity contribution is -0.143. The molecule has 0 atom stereocenters. The van der Waals surface area contributed by atoms with Crippen LogP contribution in [0.1, 0.15) is 53.3 Å². The Morgan fingerprint density at radius 1 is 0.636 bits per heavy atom. The van der Waals surface area contributed by atoms with Gasteiger partial charge in [-0.1, -0.05) is 24.3 Å². The average molecular weight is 463 g/mol. The van der Waals surface area contributed by atoms with Gasteiger partial charge < -0.3 is 5.32 Å². The lowest BCUT2D eigenvalue weighted by Gasteiger charge is -2.18. The van der Waals surface area contributed by atoms with Gasteiger partial charge in [0, 0.05) is 33.5 Å². The molecule has 0 heterocycles. The highest BCUT2D eigenvalue weighted by molar-refractivity contribution is 6.28. The van der Waals surface area contributed by atoms with E-state index in [1.165, 1.54) is 18.2 Å². The van der Waals surface area contributed by atoms with Crippen LogP contribution in [0.4, 0.5) is 32.0 Å². The molecule has 1 N–H and O–H groups in total. The molecule has 0 radical (unpaired) electrons. The number of hydrogen-bond acceptors (Lipinski definition) is 3. The fraction of sp³-hybridized carbons (Fsp3) is 0.0870. The summed E-state index contributed by atoms with van der Waals surface area (Å²) in [7, 11) is 0. The molecule has 1 aliphatic carbocycles. The fourth-order valence-corrected chi connectivity index (χ4v) is 3.47. The first kappa shape index (κ1) is 22.3. The van der Waals surface area contributed by atoms with Crippen molar-refractivity contribution in [2.45, 2.75) is 12.4 Å². The first-order chi connectivity index (χ1) is 15.4. The van der Waals surface area contributed by atoms with Crippen LogP contribution < -0.4 is 5.32 Å². The van der Waals surface area contributed by atoms with E-state index in [4.69, 9.17) is 0 Å². The minimum atomic E-state index is -5.08. The first-order valence-corrected chi connectivity index (χ1v) is 9.29. The first-order valence-electron chi connectivity index (χ1n) is 9.29. The third kappa shape index (κ3) is 4.11. The van der Waals surface area contributed by atoms with Crippen LogP contribution in [0.2, 0.25) is 0 Å². The van der Waals surface area contributed by atoms with E-state index in [-0.39, 0.29) is 33.9 Å². The summed E-state index contributed by atoms with van der Waals surface area (Å²) >= 11 is 0. The molecule has 0 spiro atoms. The van der Waals surface area contributed by atoms with Gasteiger partial charge in [0.1, 0.15) is 0 Å². The van der Waals surface area contributed by atoms with E-state index in [0.717, 1.165) is 12.1 Å². The van der Waals surface area contributed by atoms with Gasteiger partial charge in [0.2, 0.25) is 0 Å². The summed E-state index contributed by atoms with van der Waals surface area (Å²) in [5.74, 6) is -2.03. The van der Waals surface area contributed by atoms with Gasteiger partial charge in [-0.05, 0) is 36.4 Å². The Labute approximate surface area is 181 Å². The molecular formula is C23H11F6NO3. The van der Waals surface area contributed by atoms with Gasteiger partial charge in [0.15, 0.2) is 11.6 Å². The van der Waals surface area contributed by atoms with Crippen LogP contribution in [0.5, 0.6) is 0 Å².